The lowest BCUT2D eigenvalue weighted by Crippen LogP contribution is -2.12. The van der Waals surface area contributed by atoms with Gasteiger partial charge in [-0.1, -0.05) is 17.7 Å². The molecular formula is C12H14N4. The number of amidine groups is 1. The molecule has 0 bridgehead atoms. The molecule has 2 aromatic rings. The third-order valence-electron chi connectivity index (χ3n) is 2.34. The van der Waals surface area contributed by atoms with E-state index in [4.69, 9.17) is 11.1 Å². The van der Waals surface area contributed by atoms with Gasteiger partial charge in [0.15, 0.2) is 0 Å². The van der Waals surface area contributed by atoms with Crippen molar-refractivity contribution >= 4 is 5.84 Å². The van der Waals surface area contributed by atoms with Crippen LogP contribution in [0.15, 0.2) is 36.8 Å². The van der Waals surface area contributed by atoms with E-state index in [0.29, 0.717) is 6.42 Å². The highest BCUT2D eigenvalue weighted by atomic mass is 15.0. The zero-order chi connectivity index (χ0) is 11.5. The molecule has 0 aliphatic rings. The van der Waals surface area contributed by atoms with Crippen LogP contribution in [-0.4, -0.2) is 15.4 Å². The van der Waals surface area contributed by atoms with Gasteiger partial charge in [0.25, 0.3) is 0 Å². The summed E-state index contributed by atoms with van der Waals surface area (Å²) in [5, 5.41) is 7.20. The van der Waals surface area contributed by atoms with E-state index in [2.05, 4.69) is 24.0 Å². The number of hydrogen-bond acceptors (Lipinski definition) is 2. The van der Waals surface area contributed by atoms with E-state index in [-0.39, 0.29) is 5.84 Å². The minimum Gasteiger partial charge on any atom is -0.387 e. The largest absolute Gasteiger partial charge is 0.387 e. The van der Waals surface area contributed by atoms with E-state index in [9.17, 15) is 0 Å². The van der Waals surface area contributed by atoms with Gasteiger partial charge in [-0.05, 0) is 19.1 Å². The summed E-state index contributed by atoms with van der Waals surface area (Å²) < 4.78 is 1.93. The van der Waals surface area contributed by atoms with E-state index < -0.39 is 0 Å². The molecule has 4 nitrogen and oxygen atoms in total. The van der Waals surface area contributed by atoms with Gasteiger partial charge in [0.05, 0.1) is 17.9 Å². The Bertz CT molecular complexity index is 496. The van der Waals surface area contributed by atoms with Gasteiger partial charge in [-0.3, -0.25) is 5.41 Å². The van der Waals surface area contributed by atoms with Gasteiger partial charge in [-0.25, -0.2) is 4.98 Å². The summed E-state index contributed by atoms with van der Waals surface area (Å²) in [7, 11) is 0. The number of nitrogens with zero attached hydrogens (tertiary/aromatic N) is 2. The predicted molar refractivity (Wildman–Crippen MR) is 63.9 cm³/mol. The summed E-state index contributed by atoms with van der Waals surface area (Å²) in [4.78, 5) is 4.20. The number of hydrogen-bond donors (Lipinski definition) is 2. The van der Waals surface area contributed by atoms with Crippen LogP contribution in [0.4, 0.5) is 0 Å². The van der Waals surface area contributed by atoms with E-state index in [0.717, 1.165) is 11.4 Å². The molecule has 0 saturated heterocycles. The zero-order valence-electron chi connectivity index (χ0n) is 9.14. The molecule has 0 unspecified atom stereocenters. The maximum atomic E-state index is 7.20. The highest BCUT2D eigenvalue weighted by Gasteiger charge is 2.01. The lowest BCUT2D eigenvalue weighted by molar-refractivity contribution is 1.05. The van der Waals surface area contributed by atoms with Gasteiger partial charge < -0.3 is 10.3 Å². The fourth-order valence-corrected chi connectivity index (χ4v) is 1.51. The Morgan fingerprint density at radius 1 is 1.38 bits per heavy atom. The zero-order valence-corrected chi connectivity index (χ0v) is 9.14. The fourth-order valence-electron chi connectivity index (χ4n) is 1.51. The molecule has 0 amide bonds. The number of benzene rings is 1. The standard InChI is InChI=1S/C12H14N4/c1-9-2-4-11(5-3-9)16-7-10(15-8-16)6-12(13)14/h2-5,7-8H,6H2,1H3,(H3,13,14). The second-order valence-electron chi connectivity index (χ2n) is 3.81. The van der Waals surface area contributed by atoms with Gasteiger partial charge in [-0.2, -0.15) is 0 Å². The molecule has 3 N–H and O–H groups in total. The summed E-state index contributed by atoms with van der Waals surface area (Å²) >= 11 is 0. The molecule has 1 aromatic heterocycles. The Kier molecular flexibility index (Phi) is 2.72. The Hall–Kier alpha value is -2.10. The van der Waals surface area contributed by atoms with Crippen LogP contribution in [-0.2, 0) is 6.42 Å². The Balaban J connectivity index is 2.24. The van der Waals surface area contributed by atoms with Gasteiger partial charge in [0.1, 0.15) is 0 Å². The number of aryl methyl sites for hydroxylation is 1. The average molecular weight is 214 g/mol. The van der Waals surface area contributed by atoms with Crippen LogP contribution in [0.3, 0.4) is 0 Å². The van der Waals surface area contributed by atoms with Crippen LogP contribution in [0.1, 0.15) is 11.3 Å². The molecule has 16 heavy (non-hydrogen) atoms. The predicted octanol–water partition coefficient (Wildman–Crippen LogP) is 1.66. The van der Waals surface area contributed by atoms with E-state index in [1.165, 1.54) is 5.56 Å². The molecule has 0 aliphatic carbocycles. The summed E-state index contributed by atoms with van der Waals surface area (Å²) in [6.07, 6.45) is 4.04. The summed E-state index contributed by atoms with van der Waals surface area (Å²) in [5.41, 5.74) is 8.43. The Morgan fingerprint density at radius 3 is 2.69 bits per heavy atom. The van der Waals surface area contributed by atoms with Crippen molar-refractivity contribution in [1.29, 1.82) is 5.41 Å². The molecule has 1 heterocycles. The van der Waals surface area contributed by atoms with Crippen molar-refractivity contribution < 1.29 is 0 Å². The van der Waals surface area contributed by atoms with Crippen LogP contribution in [0, 0.1) is 12.3 Å². The smallest absolute Gasteiger partial charge is 0.0995 e. The van der Waals surface area contributed by atoms with E-state index in [1.807, 2.05) is 22.9 Å². The quantitative estimate of drug-likeness (QED) is 0.602. The maximum Gasteiger partial charge on any atom is 0.0995 e. The lowest BCUT2D eigenvalue weighted by atomic mass is 10.2. The van der Waals surface area contributed by atoms with Gasteiger partial charge in [0, 0.05) is 18.3 Å². The third-order valence-corrected chi connectivity index (χ3v) is 2.34. The van der Waals surface area contributed by atoms with Gasteiger partial charge >= 0.3 is 0 Å². The van der Waals surface area contributed by atoms with Crippen molar-refractivity contribution in [2.75, 3.05) is 0 Å². The molecule has 82 valence electrons. The topological polar surface area (TPSA) is 67.7 Å². The molecule has 1 aromatic carbocycles. The van der Waals surface area contributed by atoms with Crippen LogP contribution < -0.4 is 5.73 Å². The minimum atomic E-state index is 0.133. The van der Waals surface area contributed by atoms with Crippen molar-refractivity contribution in [3.8, 4) is 5.69 Å². The number of imidazole rings is 1. The number of nitrogens with two attached hydrogens (primary N) is 1. The van der Waals surface area contributed by atoms with Gasteiger partial charge in [-0.15, -0.1) is 0 Å². The van der Waals surface area contributed by atoms with Crippen molar-refractivity contribution in [2.45, 2.75) is 13.3 Å². The molecular weight excluding hydrogens is 200 g/mol. The molecule has 0 spiro atoms. The van der Waals surface area contributed by atoms with Crippen LogP contribution in [0.25, 0.3) is 5.69 Å². The molecule has 4 heteroatoms. The number of rotatable bonds is 3. The summed E-state index contributed by atoms with van der Waals surface area (Å²) in [6, 6.07) is 8.18. The van der Waals surface area contributed by atoms with Crippen LogP contribution >= 0.6 is 0 Å². The second kappa shape index (κ2) is 4.18. The van der Waals surface area contributed by atoms with Crippen molar-refractivity contribution in [3.05, 3.63) is 48.0 Å². The summed E-state index contributed by atoms with van der Waals surface area (Å²) in [5.74, 6) is 0.133. The van der Waals surface area contributed by atoms with Crippen molar-refractivity contribution in [1.82, 2.24) is 9.55 Å². The minimum absolute atomic E-state index is 0.133. The number of nitrogens with one attached hydrogen (secondary N) is 1. The first kappa shape index (κ1) is 10.4. The first-order valence-electron chi connectivity index (χ1n) is 5.08. The summed E-state index contributed by atoms with van der Waals surface area (Å²) in [6.45, 7) is 2.05. The molecule has 0 atom stereocenters. The number of aromatic nitrogens is 2. The third kappa shape index (κ3) is 2.28. The molecule has 2 rings (SSSR count). The second-order valence-corrected chi connectivity index (χ2v) is 3.81. The van der Waals surface area contributed by atoms with Gasteiger partial charge in [0.2, 0.25) is 0 Å². The monoisotopic (exact) mass is 214 g/mol. The van der Waals surface area contributed by atoms with Crippen molar-refractivity contribution in [2.24, 2.45) is 5.73 Å². The molecule has 0 saturated carbocycles. The SMILES string of the molecule is Cc1ccc(-n2cnc(CC(=N)N)c2)cc1. The highest BCUT2D eigenvalue weighted by molar-refractivity contribution is 5.78. The highest BCUT2D eigenvalue weighted by Crippen LogP contribution is 2.10. The Labute approximate surface area is 94.2 Å². The normalized spacial score (nSPS) is 10.3. The maximum absolute atomic E-state index is 7.20. The fraction of sp³-hybridized carbons (Fsp3) is 0.167. The van der Waals surface area contributed by atoms with Crippen molar-refractivity contribution in [3.63, 3.8) is 0 Å². The Morgan fingerprint density at radius 2 is 2.06 bits per heavy atom. The first-order valence-corrected chi connectivity index (χ1v) is 5.08. The molecule has 0 fully saturated rings. The van der Waals surface area contributed by atoms with E-state index in [1.54, 1.807) is 6.33 Å². The van der Waals surface area contributed by atoms with Crippen LogP contribution in [0.2, 0.25) is 0 Å². The lowest BCUT2D eigenvalue weighted by Gasteiger charge is -2.01. The molecule has 0 radical (unpaired) electrons. The average Bonchev–Trinajstić information content (AvgIpc) is 2.66. The van der Waals surface area contributed by atoms with Crippen LogP contribution in [0.5, 0.6) is 0 Å². The molecule has 0 aliphatic heterocycles. The first-order chi connectivity index (χ1) is 7.65. The van der Waals surface area contributed by atoms with E-state index >= 15 is 0 Å².